The summed E-state index contributed by atoms with van der Waals surface area (Å²) in [5.74, 6) is -0.680. The molecule has 21 heavy (non-hydrogen) atoms. The Morgan fingerprint density at radius 2 is 2.29 bits per heavy atom. The van der Waals surface area contributed by atoms with E-state index in [4.69, 9.17) is 19.9 Å². The van der Waals surface area contributed by atoms with E-state index in [2.05, 4.69) is 0 Å². The van der Waals surface area contributed by atoms with E-state index >= 15 is 0 Å². The highest BCUT2D eigenvalue weighted by Gasteiger charge is 2.42. The molecule has 1 spiro atoms. The van der Waals surface area contributed by atoms with Gasteiger partial charge >= 0.3 is 5.97 Å². The maximum Gasteiger partial charge on any atom is 0.339 e. The van der Waals surface area contributed by atoms with Crippen molar-refractivity contribution in [1.82, 2.24) is 0 Å². The van der Waals surface area contributed by atoms with Gasteiger partial charge in [-0.2, -0.15) is 0 Å². The average Bonchev–Trinajstić information content (AvgIpc) is 2.88. The third kappa shape index (κ3) is 2.96. The summed E-state index contributed by atoms with van der Waals surface area (Å²) >= 11 is 0. The van der Waals surface area contributed by atoms with Gasteiger partial charge in [-0.05, 0) is 18.2 Å². The fourth-order valence-electron chi connectivity index (χ4n) is 2.94. The van der Waals surface area contributed by atoms with Crippen molar-refractivity contribution >= 4 is 11.7 Å². The number of carbonyl (C=O) groups is 1. The lowest BCUT2D eigenvalue weighted by atomic mass is 9.91. The highest BCUT2D eigenvalue weighted by molar-refractivity contribution is 5.92. The van der Waals surface area contributed by atoms with Crippen LogP contribution in [0.5, 0.6) is 5.75 Å². The highest BCUT2D eigenvalue weighted by atomic mass is 16.6. The average molecular weight is 293 g/mol. The Morgan fingerprint density at radius 1 is 1.43 bits per heavy atom. The Hall–Kier alpha value is -1.79. The molecule has 6 heteroatoms. The predicted molar refractivity (Wildman–Crippen MR) is 75.6 cm³/mol. The number of rotatable bonds is 3. The summed E-state index contributed by atoms with van der Waals surface area (Å²) < 4.78 is 17.2. The first-order valence-electron chi connectivity index (χ1n) is 7.09. The molecule has 0 aromatic heterocycles. The molecular weight excluding hydrogens is 274 g/mol. The van der Waals surface area contributed by atoms with E-state index in [9.17, 15) is 9.90 Å². The van der Waals surface area contributed by atoms with E-state index in [1.165, 1.54) is 6.07 Å². The smallest absolute Gasteiger partial charge is 0.339 e. The molecule has 0 bridgehead atoms. The lowest BCUT2D eigenvalue weighted by Crippen LogP contribution is -2.44. The van der Waals surface area contributed by atoms with Gasteiger partial charge in [-0.1, -0.05) is 0 Å². The van der Waals surface area contributed by atoms with Crippen LogP contribution in [-0.2, 0) is 9.47 Å². The fraction of sp³-hybridized carbons (Fsp3) is 0.533. The van der Waals surface area contributed by atoms with E-state index in [0.29, 0.717) is 31.3 Å². The normalized spacial score (nSPS) is 28.7. The van der Waals surface area contributed by atoms with Crippen molar-refractivity contribution in [3.63, 3.8) is 0 Å². The number of carboxylic acid groups (broad SMARTS) is 1. The maximum atomic E-state index is 11.3. The molecule has 1 aromatic carbocycles. The minimum atomic E-state index is -1.04. The molecule has 2 aliphatic rings. The first kappa shape index (κ1) is 14.2. The molecule has 1 aromatic rings. The van der Waals surface area contributed by atoms with Crippen LogP contribution in [0, 0.1) is 0 Å². The molecule has 0 saturated carbocycles. The Balaban J connectivity index is 1.75. The van der Waals surface area contributed by atoms with Gasteiger partial charge in [0.2, 0.25) is 0 Å². The molecule has 3 N–H and O–H groups in total. The van der Waals surface area contributed by atoms with Crippen molar-refractivity contribution in [2.75, 3.05) is 25.6 Å². The van der Waals surface area contributed by atoms with Gasteiger partial charge in [0.15, 0.2) is 0 Å². The van der Waals surface area contributed by atoms with Gasteiger partial charge in [0.1, 0.15) is 17.4 Å². The second-order valence-corrected chi connectivity index (χ2v) is 5.63. The Morgan fingerprint density at radius 3 is 3.00 bits per heavy atom. The van der Waals surface area contributed by atoms with Crippen LogP contribution in [0.1, 0.15) is 29.6 Å². The number of ether oxygens (including phenoxy) is 3. The highest BCUT2D eigenvalue weighted by Crippen LogP contribution is 2.35. The first-order chi connectivity index (χ1) is 10.1. The number of nitrogen functional groups attached to an aromatic ring is 1. The standard InChI is InChI=1S/C15H19NO5/c16-10-1-2-13(12(7-10)14(17)18)21-11-3-5-20-15(8-11)4-6-19-9-15/h1-2,7,11H,3-6,8-9,16H2,(H,17,18). The topological polar surface area (TPSA) is 91.0 Å². The van der Waals surface area contributed by atoms with Crippen molar-refractivity contribution in [3.05, 3.63) is 23.8 Å². The van der Waals surface area contributed by atoms with Crippen LogP contribution < -0.4 is 10.5 Å². The summed E-state index contributed by atoms with van der Waals surface area (Å²) in [5, 5.41) is 9.24. The summed E-state index contributed by atoms with van der Waals surface area (Å²) in [5.41, 5.74) is 5.88. The lowest BCUT2D eigenvalue weighted by Gasteiger charge is -2.37. The molecule has 2 saturated heterocycles. The molecule has 2 atom stereocenters. The van der Waals surface area contributed by atoms with Crippen molar-refractivity contribution in [2.24, 2.45) is 0 Å². The molecule has 2 aliphatic heterocycles. The molecule has 2 unspecified atom stereocenters. The van der Waals surface area contributed by atoms with E-state index in [-0.39, 0.29) is 17.3 Å². The predicted octanol–water partition coefficient (Wildman–Crippen LogP) is 1.68. The van der Waals surface area contributed by atoms with Crippen LogP contribution >= 0.6 is 0 Å². The van der Waals surface area contributed by atoms with Crippen LogP contribution in [-0.4, -0.2) is 42.6 Å². The molecule has 6 nitrogen and oxygen atoms in total. The van der Waals surface area contributed by atoms with Gasteiger partial charge in [0.05, 0.1) is 18.8 Å². The molecule has 2 fully saturated rings. The van der Waals surface area contributed by atoms with Gasteiger partial charge in [0.25, 0.3) is 0 Å². The number of hydrogen-bond donors (Lipinski definition) is 2. The van der Waals surface area contributed by atoms with E-state index < -0.39 is 5.97 Å². The van der Waals surface area contributed by atoms with Crippen molar-refractivity contribution in [3.8, 4) is 5.75 Å². The van der Waals surface area contributed by atoms with Gasteiger partial charge in [0, 0.05) is 31.6 Å². The third-order valence-corrected chi connectivity index (χ3v) is 4.04. The molecule has 0 amide bonds. The summed E-state index contributed by atoms with van der Waals surface area (Å²) in [6.07, 6.45) is 2.25. The van der Waals surface area contributed by atoms with Crippen LogP contribution in [0.3, 0.4) is 0 Å². The number of hydrogen-bond acceptors (Lipinski definition) is 5. The Labute approximate surface area is 122 Å². The first-order valence-corrected chi connectivity index (χ1v) is 7.09. The zero-order valence-corrected chi connectivity index (χ0v) is 11.7. The van der Waals surface area contributed by atoms with Crippen molar-refractivity contribution in [1.29, 1.82) is 0 Å². The SMILES string of the molecule is Nc1ccc(OC2CCOC3(CCOC3)C2)c(C(=O)O)c1. The largest absolute Gasteiger partial charge is 0.489 e. The van der Waals surface area contributed by atoms with Crippen LogP contribution in [0.25, 0.3) is 0 Å². The maximum absolute atomic E-state index is 11.3. The molecule has 114 valence electrons. The quantitative estimate of drug-likeness (QED) is 0.824. The zero-order chi connectivity index (χ0) is 14.9. The van der Waals surface area contributed by atoms with Crippen molar-refractivity contribution < 1.29 is 24.1 Å². The minimum Gasteiger partial charge on any atom is -0.489 e. The molecule has 0 aliphatic carbocycles. The summed E-state index contributed by atoms with van der Waals surface area (Å²) in [7, 11) is 0. The summed E-state index contributed by atoms with van der Waals surface area (Å²) in [6, 6.07) is 4.69. The summed E-state index contributed by atoms with van der Waals surface area (Å²) in [4.78, 5) is 11.3. The second kappa shape index (κ2) is 5.54. The number of benzene rings is 1. The molecule has 0 radical (unpaired) electrons. The lowest BCUT2D eigenvalue weighted by molar-refractivity contribution is -0.112. The minimum absolute atomic E-state index is 0.0674. The third-order valence-electron chi connectivity index (χ3n) is 4.04. The Bertz CT molecular complexity index is 539. The van der Waals surface area contributed by atoms with E-state index in [1.54, 1.807) is 12.1 Å². The second-order valence-electron chi connectivity index (χ2n) is 5.63. The van der Waals surface area contributed by atoms with Crippen LogP contribution in [0.2, 0.25) is 0 Å². The molecule has 2 heterocycles. The number of nitrogens with two attached hydrogens (primary N) is 1. The zero-order valence-electron chi connectivity index (χ0n) is 11.7. The fourth-order valence-corrected chi connectivity index (χ4v) is 2.94. The van der Waals surface area contributed by atoms with Gasteiger partial charge in [-0.15, -0.1) is 0 Å². The molecule has 3 rings (SSSR count). The number of carboxylic acids is 1. The van der Waals surface area contributed by atoms with Gasteiger partial charge < -0.3 is 25.1 Å². The van der Waals surface area contributed by atoms with Gasteiger partial charge in [-0.25, -0.2) is 4.79 Å². The van der Waals surface area contributed by atoms with Crippen LogP contribution in [0.15, 0.2) is 18.2 Å². The van der Waals surface area contributed by atoms with Crippen LogP contribution in [0.4, 0.5) is 5.69 Å². The monoisotopic (exact) mass is 293 g/mol. The van der Waals surface area contributed by atoms with Crippen molar-refractivity contribution in [2.45, 2.75) is 31.0 Å². The van der Waals surface area contributed by atoms with E-state index in [0.717, 1.165) is 19.3 Å². The molecular formula is C15H19NO5. The Kier molecular flexibility index (Phi) is 3.73. The number of aromatic carboxylic acids is 1. The van der Waals surface area contributed by atoms with Gasteiger partial charge in [-0.3, -0.25) is 0 Å². The number of anilines is 1. The summed E-state index contributed by atoms with van der Waals surface area (Å²) in [6.45, 7) is 1.89. The van der Waals surface area contributed by atoms with E-state index in [1.807, 2.05) is 0 Å².